The first-order valence-electron chi connectivity index (χ1n) is 33.3. The smallest absolute Gasteiger partial charge is 0.416 e. The molecule has 5 N–H and O–H groups in total. The van der Waals surface area contributed by atoms with Crippen LogP contribution in [-0.4, -0.2) is 114 Å². The van der Waals surface area contributed by atoms with Crippen LogP contribution in [0.1, 0.15) is 114 Å². The Morgan fingerprint density at radius 1 is 0.537 bits per heavy atom. The SMILES string of the molecule is CCO/C=C(\C(=O)NC(=O)OCC)C(=O)OCC.CCOC(=O)c1cn(-c2ccc3c(c2)n(C)c(=O)n3C)c(=O)[nH]c1=O.CCOC(=O)c1cn(-c2ccc3c(c2)n(C)c(=O)n3C)c(=O)n([C@@H]2CCc3c2cccc3C(F)(F)F)c1=O.Cn1c(=O)n(C)c2cc(N)ccc21.O[C@H]1CCc2c1cccc2C(F)(F)F. The van der Waals surface area contributed by atoms with E-state index in [9.17, 15) is 89.0 Å². The number of nitrogens with zero attached hydrogens (tertiary/aromatic N) is 9. The summed E-state index contributed by atoms with van der Waals surface area (Å²) in [5.41, 5.74) is 5.70. The van der Waals surface area contributed by atoms with Crippen molar-refractivity contribution >= 4 is 68.7 Å². The average Bonchev–Trinajstić information content (AvgIpc) is 1.47. The van der Waals surface area contributed by atoms with Gasteiger partial charge in [0, 0.05) is 60.4 Å². The van der Waals surface area contributed by atoms with Gasteiger partial charge in [0.05, 0.1) is 101 Å². The maximum absolute atomic E-state index is 13.8. The molecule has 2 atom stereocenters. The Bertz CT molecular complexity index is 5630. The van der Waals surface area contributed by atoms with Crippen LogP contribution in [0.5, 0.6) is 0 Å². The Hall–Kier alpha value is -12.5. The second-order valence-corrected chi connectivity index (χ2v) is 24.0. The Morgan fingerprint density at radius 2 is 0.981 bits per heavy atom. The summed E-state index contributed by atoms with van der Waals surface area (Å²) in [6, 6.07) is 21.7. The molecule has 5 aromatic carbocycles. The number of carbonyl (C=O) groups excluding carboxylic acids is 5. The zero-order valence-corrected chi connectivity index (χ0v) is 60.2. The standard InChI is InChI=1S/C26H23F3N4O5.C16H16N4O5.C11H17NO6.C10H9F3O.C9H11N3O/c1-4-38-23(35)17-13-32(14-8-10-20-21(12-14)31(3)24(36)30(20)2)25(37)33(22(17)34)19-11-9-15-16(19)6-5-7-18(15)26(27,28)29;1-4-25-14(22)10-8-20(15(23)17-13(10)21)9-5-6-11-12(7-9)19(3)16(24)18(11)2;1-4-16-7-8(10(14)17-5-2)9(13)12-11(15)18-6-3;11-10(12,13)8-3-1-2-7-6(8)4-5-9(7)14;1-11-7-4-3-6(10)5-8(7)12(2)9(11)13/h5-8,10,12-13,19H,4,9,11H2,1-3H3;5-8H,4H2,1-3H3,(H,17,21,23);7H,4-6H2,1-3H3,(H,12,13,15);1-3,9,14H,4-5H2;3-5H,10H2,1-2H3/b;;8-7+;;/t19-;;;9-;/m1..0./s1. The number of halogens is 6. The lowest BCUT2D eigenvalue weighted by molar-refractivity contribution is -0.141. The van der Waals surface area contributed by atoms with Gasteiger partial charge in [0.1, 0.15) is 17.4 Å². The largest absolute Gasteiger partial charge is 0.500 e. The van der Waals surface area contributed by atoms with Gasteiger partial charge in [0.15, 0.2) is 5.57 Å². The van der Waals surface area contributed by atoms with Gasteiger partial charge in [-0.05, 0) is 149 Å². The number of benzene rings is 5. The number of hydrogen-bond acceptors (Lipinski definition) is 19. The number of hydrogen-bond donors (Lipinski definition) is 4. The number of aryl methyl sites for hydroxylation is 6. The van der Waals surface area contributed by atoms with Crippen molar-refractivity contribution in [1.82, 2.24) is 51.4 Å². The fourth-order valence-corrected chi connectivity index (χ4v) is 12.2. The molecule has 2 aliphatic carbocycles. The first-order chi connectivity index (χ1) is 51.0. The van der Waals surface area contributed by atoms with Crippen molar-refractivity contribution in [3.8, 4) is 11.4 Å². The quantitative estimate of drug-likeness (QED) is 0.0136. The summed E-state index contributed by atoms with van der Waals surface area (Å²) in [6.07, 6.45) is -6.64. The molecule has 30 nitrogen and oxygen atoms in total. The third kappa shape index (κ3) is 17.1. The van der Waals surface area contributed by atoms with Gasteiger partial charge < -0.3 is 34.5 Å². The topological polar surface area (TPSA) is 369 Å². The Labute approximate surface area is 607 Å². The number of nitrogens with one attached hydrogen (secondary N) is 2. The summed E-state index contributed by atoms with van der Waals surface area (Å²) in [6.45, 7) is 8.61. The molecule has 5 aromatic heterocycles. The number of esters is 3. The summed E-state index contributed by atoms with van der Waals surface area (Å²) < 4.78 is 114. The van der Waals surface area contributed by atoms with E-state index in [1.54, 1.807) is 141 Å². The molecule has 0 fully saturated rings. The van der Waals surface area contributed by atoms with E-state index in [0.717, 1.165) is 55.5 Å². The van der Waals surface area contributed by atoms with Crippen molar-refractivity contribution in [1.29, 1.82) is 0 Å². The molecule has 5 heterocycles. The molecule has 0 spiro atoms. The van der Waals surface area contributed by atoms with E-state index in [2.05, 4.69) is 14.5 Å². The number of imidazole rings is 3. The fourth-order valence-electron chi connectivity index (χ4n) is 12.2. The molecule has 10 aromatic rings. The van der Waals surface area contributed by atoms with Crippen molar-refractivity contribution in [3.63, 3.8) is 0 Å². The summed E-state index contributed by atoms with van der Waals surface area (Å²) in [4.78, 5) is 148. The molecule has 0 saturated carbocycles. The minimum Gasteiger partial charge on any atom is -0.500 e. The zero-order chi connectivity index (χ0) is 79.7. The van der Waals surface area contributed by atoms with E-state index in [1.807, 2.05) is 11.4 Å². The molecule has 0 bridgehead atoms. The van der Waals surface area contributed by atoms with Crippen LogP contribution in [0.3, 0.4) is 0 Å². The van der Waals surface area contributed by atoms with Crippen LogP contribution in [0.2, 0.25) is 0 Å². The lowest BCUT2D eigenvalue weighted by Crippen LogP contribution is -2.44. The average molecular weight is 1510 g/mol. The van der Waals surface area contributed by atoms with Crippen LogP contribution >= 0.6 is 0 Å². The maximum Gasteiger partial charge on any atom is 0.416 e. The zero-order valence-electron chi connectivity index (χ0n) is 60.2. The first kappa shape index (κ1) is 81.2. The molecular formula is C72H76F6N12O18. The first-order valence-corrected chi connectivity index (χ1v) is 33.3. The number of nitrogen functional groups attached to an aromatic ring is 1. The molecule has 2 amide bonds. The van der Waals surface area contributed by atoms with Crippen LogP contribution in [0.25, 0.3) is 44.5 Å². The number of aliphatic hydroxyl groups excluding tert-OH is 1. The molecular weight excluding hydrogens is 1430 g/mol. The van der Waals surface area contributed by atoms with Gasteiger partial charge in [0.25, 0.3) is 17.0 Å². The van der Waals surface area contributed by atoms with Crippen molar-refractivity contribution in [2.24, 2.45) is 42.3 Å². The number of amides is 2. The summed E-state index contributed by atoms with van der Waals surface area (Å²) in [5.74, 6) is -3.57. The molecule has 12 rings (SSSR count). The minimum absolute atomic E-state index is 0.00326. The lowest BCUT2D eigenvalue weighted by atomic mass is 10.0. The van der Waals surface area contributed by atoms with Crippen LogP contribution in [0.15, 0.2) is 149 Å². The van der Waals surface area contributed by atoms with Crippen molar-refractivity contribution in [2.45, 2.75) is 84.8 Å². The van der Waals surface area contributed by atoms with Gasteiger partial charge >= 0.3 is 64.8 Å². The minimum atomic E-state index is -4.60. The normalized spacial score (nSPS) is 13.7. The Kier molecular flexibility index (Phi) is 25.4. The molecule has 0 unspecified atom stereocenters. The summed E-state index contributed by atoms with van der Waals surface area (Å²) >= 11 is 0. The van der Waals surface area contributed by atoms with Crippen molar-refractivity contribution in [3.05, 3.63) is 233 Å². The second-order valence-electron chi connectivity index (χ2n) is 24.0. The van der Waals surface area contributed by atoms with E-state index >= 15 is 0 Å². The molecule has 0 saturated heterocycles. The Morgan fingerprint density at radius 3 is 1.48 bits per heavy atom. The molecule has 36 heteroatoms. The van der Waals surface area contributed by atoms with Gasteiger partial charge in [-0.15, -0.1) is 0 Å². The number of alkyl carbamates (subject to hydrolysis) is 1. The van der Waals surface area contributed by atoms with E-state index in [0.29, 0.717) is 51.8 Å². The highest BCUT2D eigenvalue weighted by Crippen LogP contribution is 2.42. The van der Waals surface area contributed by atoms with Gasteiger partial charge in [0.2, 0.25) is 0 Å². The van der Waals surface area contributed by atoms with Crippen LogP contribution < -0.4 is 50.6 Å². The van der Waals surface area contributed by atoms with E-state index in [1.165, 1.54) is 36.5 Å². The number of anilines is 1. The van der Waals surface area contributed by atoms with Crippen molar-refractivity contribution < 1.29 is 79.1 Å². The number of rotatable bonds is 13. The van der Waals surface area contributed by atoms with E-state index < -0.39 is 99.2 Å². The predicted octanol–water partition coefficient (Wildman–Crippen LogP) is 6.70. The number of carbonyl (C=O) groups is 5. The number of imide groups is 1. The van der Waals surface area contributed by atoms with Crippen LogP contribution in [0, 0.1) is 0 Å². The molecule has 0 radical (unpaired) electrons. The molecule has 2 aliphatic rings. The Balaban J connectivity index is 0.000000182. The van der Waals surface area contributed by atoms with Gasteiger partial charge in [-0.25, -0.2) is 43.2 Å². The van der Waals surface area contributed by atoms with Crippen LogP contribution in [-0.2, 0) is 101 Å². The predicted molar refractivity (Wildman–Crippen MR) is 381 cm³/mol. The van der Waals surface area contributed by atoms with E-state index in [4.69, 9.17) is 19.9 Å². The van der Waals surface area contributed by atoms with E-state index in [-0.39, 0.29) is 90.9 Å². The third-order valence-electron chi connectivity index (χ3n) is 17.4. The molecule has 0 aliphatic heterocycles. The van der Waals surface area contributed by atoms with Crippen LogP contribution in [0.4, 0.5) is 36.8 Å². The lowest BCUT2D eigenvalue weighted by Gasteiger charge is -2.19. The highest BCUT2D eigenvalue weighted by atomic mass is 19.4. The maximum atomic E-state index is 13.8. The van der Waals surface area contributed by atoms with Gasteiger partial charge in [-0.2, -0.15) is 26.3 Å². The summed E-state index contributed by atoms with van der Waals surface area (Å²) in [7, 11) is 9.92. The monoisotopic (exact) mass is 1510 g/mol. The number of fused-ring (bicyclic) bond motifs is 5. The number of H-pyrrole nitrogens is 1. The number of aromatic amines is 1. The molecule has 108 heavy (non-hydrogen) atoms. The highest BCUT2D eigenvalue weighted by Gasteiger charge is 2.40. The number of aliphatic hydroxyl groups is 1. The highest BCUT2D eigenvalue weighted by molar-refractivity contribution is 6.19. The van der Waals surface area contributed by atoms with Crippen molar-refractivity contribution in [2.75, 3.05) is 38.8 Å². The second kappa shape index (κ2) is 33.7. The third-order valence-corrected chi connectivity index (χ3v) is 17.4. The molecule has 574 valence electrons. The summed E-state index contributed by atoms with van der Waals surface area (Å²) in [5, 5.41) is 11.3. The number of nitrogens with two attached hydrogens (primary N) is 1. The fraction of sp³-hybridized carbons (Fsp3) is 0.333. The number of ether oxygens (including phenoxy) is 5. The number of alkyl halides is 6. The number of aromatic nitrogens is 10. The van der Waals surface area contributed by atoms with Gasteiger partial charge in [-0.1, -0.05) is 24.3 Å². The van der Waals surface area contributed by atoms with Gasteiger partial charge in [-0.3, -0.25) is 65.8 Å².